The number of anilines is 2. The molecule has 2 atom stereocenters. The molecule has 1 saturated heterocycles. The third kappa shape index (κ3) is 3.77. The Bertz CT molecular complexity index is 1630. The SMILES string of the molecule is CO[C@@H]1CN(c2ncc3c4c(c(-c5ncc(F)c6sc(N)c(C#N)c56)c(F)c3n2)COC4)C[C@@H]1NC(C)C. The lowest BCUT2D eigenvalue weighted by Gasteiger charge is -2.20. The van der Waals surface area contributed by atoms with E-state index in [0.717, 1.165) is 23.1 Å². The number of methoxy groups -OCH3 is 1. The lowest BCUT2D eigenvalue weighted by atomic mass is 9.94. The van der Waals surface area contributed by atoms with Crippen LogP contribution in [0.3, 0.4) is 0 Å². The highest BCUT2D eigenvalue weighted by molar-refractivity contribution is 7.23. The normalized spacial score (nSPS) is 19.1. The number of pyridine rings is 1. The van der Waals surface area contributed by atoms with Gasteiger partial charge in [0.05, 0.1) is 47.5 Å². The van der Waals surface area contributed by atoms with E-state index in [2.05, 4.69) is 34.1 Å². The molecule has 0 amide bonds. The zero-order valence-corrected chi connectivity index (χ0v) is 21.8. The second-order valence-electron chi connectivity index (χ2n) is 9.79. The van der Waals surface area contributed by atoms with E-state index in [1.165, 1.54) is 0 Å². The average Bonchev–Trinajstić information content (AvgIpc) is 3.62. The van der Waals surface area contributed by atoms with Crippen LogP contribution in [0.25, 0.3) is 32.2 Å². The van der Waals surface area contributed by atoms with E-state index in [4.69, 9.17) is 15.2 Å². The summed E-state index contributed by atoms with van der Waals surface area (Å²) >= 11 is 0.944. The summed E-state index contributed by atoms with van der Waals surface area (Å²) in [5.74, 6) is -0.862. The van der Waals surface area contributed by atoms with E-state index in [9.17, 15) is 9.65 Å². The lowest BCUT2D eigenvalue weighted by Crippen LogP contribution is -2.43. The largest absolute Gasteiger partial charge is 0.389 e. The fraction of sp³-hybridized carbons (Fsp3) is 0.385. The summed E-state index contributed by atoms with van der Waals surface area (Å²) in [6.45, 7) is 5.69. The van der Waals surface area contributed by atoms with E-state index in [0.29, 0.717) is 30.0 Å². The number of aromatic nitrogens is 3. The van der Waals surface area contributed by atoms with Gasteiger partial charge in [0.1, 0.15) is 16.6 Å². The van der Waals surface area contributed by atoms with Crippen molar-refractivity contribution in [3.63, 3.8) is 0 Å². The summed E-state index contributed by atoms with van der Waals surface area (Å²) in [6.07, 6.45) is 2.58. The summed E-state index contributed by atoms with van der Waals surface area (Å²) in [5, 5.41) is 14.1. The first kappa shape index (κ1) is 24.8. The van der Waals surface area contributed by atoms with Gasteiger partial charge < -0.3 is 25.4 Å². The topological polar surface area (TPSA) is 122 Å². The molecule has 1 fully saturated rings. The van der Waals surface area contributed by atoms with Crippen LogP contribution in [0.2, 0.25) is 0 Å². The smallest absolute Gasteiger partial charge is 0.226 e. The molecule has 3 N–H and O–H groups in total. The van der Waals surface area contributed by atoms with Gasteiger partial charge in [0, 0.05) is 48.8 Å². The van der Waals surface area contributed by atoms with Crippen LogP contribution in [-0.4, -0.2) is 53.3 Å². The van der Waals surface area contributed by atoms with Crippen molar-refractivity contribution in [3.8, 4) is 17.3 Å². The summed E-state index contributed by atoms with van der Waals surface area (Å²) in [5.41, 5.74) is 7.83. The molecule has 38 heavy (non-hydrogen) atoms. The summed E-state index contributed by atoms with van der Waals surface area (Å²) in [6, 6.07) is 2.36. The number of nitriles is 1. The number of hydrogen-bond donors (Lipinski definition) is 2. The molecule has 0 aliphatic carbocycles. The standard InChI is InChI=1S/C26H25F2N7O2S/c1-11(2)33-17-7-35(8-18(17)36-3)26-32-5-13-14-9-37-10-15(14)19(21(28)22(13)34-26)23-20-12(4-29)25(30)38-24(20)16(27)6-31-23/h5-6,11,17-18,33H,7-10,30H2,1-3H3/t17-,18+/m0/s1. The summed E-state index contributed by atoms with van der Waals surface area (Å²) in [7, 11) is 1.67. The first-order chi connectivity index (χ1) is 18.3. The Hall–Kier alpha value is -3.50. The van der Waals surface area contributed by atoms with Crippen LogP contribution in [0, 0.1) is 23.0 Å². The van der Waals surface area contributed by atoms with Crippen LogP contribution in [0.4, 0.5) is 19.7 Å². The Kier molecular flexibility index (Phi) is 6.11. The summed E-state index contributed by atoms with van der Waals surface area (Å²) < 4.78 is 42.7. The lowest BCUT2D eigenvalue weighted by molar-refractivity contribution is 0.0946. The molecule has 2 aliphatic heterocycles. The first-order valence-corrected chi connectivity index (χ1v) is 13.0. The monoisotopic (exact) mass is 537 g/mol. The van der Waals surface area contributed by atoms with Crippen molar-refractivity contribution in [1.29, 1.82) is 5.26 Å². The quantitative estimate of drug-likeness (QED) is 0.391. The molecule has 6 rings (SSSR count). The second-order valence-corrected chi connectivity index (χ2v) is 10.8. The van der Waals surface area contributed by atoms with Crippen molar-refractivity contribution in [3.05, 3.63) is 40.7 Å². The number of nitrogens with zero attached hydrogens (tertiary/aromatic N) is 5. The molecule has 2 aliphatic rings. The fourth-order valence-electron chi connectivity index (χ4n) is 5.46. The molecule has 0 spiro atoms. The van der Waals surface area contributed by atoms with E-state index in [-0.39, 0.29) is 68.8 Å². The molecule has 196 valence electrons. The molecular weight excluding hydrogens is 512 g/mol. The van der Waals surface area contributed by atoms with Crippen molar-refractivity contribution >= 4 is 43.3 Å². The van der Waals surface area contributed by atoms with Gasteiger partial charge in [0.25, 0.3) is 0 Å². The zero-order valence-electron chi connectivity index (χ0n) is 21.0. The zero-order chi connectivity index (χ0) is 26.7. The number of hydrogen-bond acceptors (Lipinski definition) is 10. The molecule has 0 bridgehead atoms. The Morgan fingerprint density at radius 1 is 1.24 bits per heavy atom. The van der Waals surface area contributed by atoms with Crippen LogP contribution in [0.1, 0.15) is 30.5 Å². The van der Waals surface area contributed by atoms with Gasteiger partial charge in [-0.05, 0) is 11.1 Å². The minimum Gasteiger partial charge on any atom is -0.389 e. The number of nitrogens with two attached hydrogens (primary N) is 1. The van der Waals surface area contributed by atoms with E-state index >= 15 is 4.39 Å². The van der Waals surface area contributed by atoms with Gasteiger partial charge in [0.2, 0.25) is 5.95 Å². The maximum Gasteiger partial charge on any atom is 0.226 e. The first-order valence-electron chi connectivity index (χ1n) is 12.2. The third-order valence-electron chi connectivity index (χ3n) is 7.13. The molecule has 0 radical (unpaired) electrons. The predicted molar refractivity (Wildman–Crippen MR) is 141 cm³/mol. The third-order valence-corrected chi connectivity index (χ3v) is 8.16. The molecule has 5 heterocycles. The molecular formula is C26H25F2N7O2S. The number of nitrogen functional groups attached to an aromatic ring is 1. The van der Waals surface area contributed by atoms with Crippen molar-refractivity contribution in [2.45, 2.75) is 45.2 Å². The van der Waals surface area contributed by atoms with Crippen LogP contribution in [-0.2, 0) is 22.7 Å². The Balaban J connectivity index is 1.54. The highest BCUT2D eigenvalue weighted by Gasteiger charge is 2.35. The highest BCUT2D eigenvalue weighted by Crippen LogP contribution is 2.45. The molecule has 12 heteroatoms. The van der Waals surface area contributed by atoms with Crippen LogP contribution >= 0.6 is 11.3 Å². The van der Waals surface area contributed by atoms with Gasteiger partial charge in [-0.25, -0.2) is 18.7 Å². The van der Waals surface area contributed by atoms with Crippen molar-refractivity contribution < 1.29 is 18.3 Å². The van der Waals surface area contributed by atoms with Gasteiger partial charge in [-0.2, -0.15) is 5.26 Å². The number of rotatable bonds is 5. The molecule has 9 nitrogen and oxygen atoms in total. The number of fused-ring (bicyclic) bond motifs is 4. The van der Waals surface area contributed by atoms with Gasteiger partial charge >= 0.3 is 0 Å². The van der Waals surface area contributed by atoms with Crippen molar-refractivity contribution in [2.75, 3.05) is 30.8 Å². The Morgan fingerprint density at radius 2 is 2.03 bits per heavy atom. The number of thiophene rings is 1. The maximum atomic E-state index is 16.5. The van der Waals surface area contributed by atoms with Crippen molar-refractivity contribution in [1.82, 2.24) is 20.3 Å². The minimum absolute atomic E-state index is 0.0678. The molecule has 0 unspecified atom stereocenters. The number of halogens is 2. The number of benzene rings is 1. The number of ether oxygens (including phenoxy) is 2. The Labute approximate surface area is 221 Å². The van der Waals surface area contributed by atoms with Gasteiger partial charge in [-0.3, -0.25) is 4.98 Å². The van der Waals surface area contributed by atoms with Crippen molar-refractivity contribution in [2.24, 2.45) is 0 Å². The molecule has 3 aromatic heterocycles. The van der Waals surface area contributed by atoms with Crippen LogP contribution < -0.4 is 16.0 Å². The van der Waals surface area contributed by atoms with E-state index in [1.807, 2.05) is 11.0 Å². The van der Waals surface area contributed by atoms with Gasteiger partial charge in [-0.15, -0.1) is 11.3 Å². The maximum absolute atomic E-state index is 16.5. The molecule has 1 aromatic carbocycles. The Morgan fingerprint density at radius 3 is 2.76 bits per heavy atom. The number of nitrogens with one attached hydrogen (secondary N) is 1. The minimum atomic E-state index is -0.624. The average molecular weight is 538 g/mol. The highest BCUT2D eigenvalue weighted by atomic mass is 32.1. The van der Waals surface area contributed by atoms with Crippen LogP contribution in [0.5, 0.6) is 0 Å². The van der Waals surface area contributed by atoms with E-state index in [1.54, 1.807) is 13.3 Å². The summed E-state index contributed by atoms with van der Waals surface area (Å²) in [4.78, 5) is 15.5. The van der Waals surface area contributed by atoms with E-state index < -0.39 is 11.6 Å². The second kappa shape index (κ2) is 9.36. The van der Waals surface area contributed by atoms with Gasteiger partial charge in [-0.1, -0.05) is 13.8 Å². The van der Waals surface area contributed by atoms with Crippen LogP contribution in [0.15, 0.2) is 12.4 Å². The molecule has 4 aromatic rings. The van der Waals surface area contributed by atoms with Gasteiger partial charge in [0.15, 0.2) is 11.6 Å². The fourth-order valence-corrected chi connectivity index (χ4v) is 6.38. The predicted octanol–water partition coefficient (Wildman–Crippen LogP) is 3.87. The molecule has 0 saturated carbocycles.